The van der Waals surface area contributed by atoms with E-state index in [4.69, 9.17) is 4.74 Å². The number of sulfone groups is 1. The Morgan fingerprint density at radius 2 is 2.18 bits per heavy atom. The summed E-state index contributed by atoms with van der Waals surface area (Å²) in [6, 6.07) is 6.50. The van der Waals surface area contributed by atoms with Gasteiger partial charge in [0.15, 0.2) is 9.84 Å². The number of benzene rings is 1. The first-order valence-electron chi connectivity index (χ1n) is 5.14. The lowest BCUT2D eigenvalue weighted by molar-refractivity contribution is 0.176. The molecule has 1 N–H and O–H groups in total. The molecule has 0 amide bonds. The molecule has 0 aliphatic heterocycles. The number of nitrogens with one attached hydrogen (secondary N) is 1. The second kappa shape index (κ2) is 6.49. The maximum absolute atomic E-state index is 12.1. The van der Waals surface area contributed by atoms with Gasteiger partial charge in [-0.3, -0.25) is 0 Å². The van der Waals surface area contributed by atoms with Gasteiger partial charge >= 0.3 is 0 Å². The van der Waals surface area contributed by atoms with Crippen LogP contribution in [0.4, 0.5) is 0 Å². The molecule has 0 heterocycles. The van der Waals surface area contributed by atoms with Crippen molar-refractivity contribution in [3.05, 3.63) is 28.7 Å². The van der Waals surface area contributed by atoms with Crippen molar-refractivity contribution in [1.29, 1.82) is 0 Å². The molecule has 0 radical (unpaired) electrons. The number of likely N-dealkylation sites (N-methyl/N-ethyl adjacent to an activating group) is 1. The third-order valence-electron chi connectivity index (χ3n) is 2.35. The first kappa shape index (κ1) is 14.6. The quantitative estimate of drug-likeness (QED) is 0.861. The Morgan fingerprint density at radius 1 is 1.47 bits per heavy atom. The first-order valence-corrected chi connectivity index (χ1v) is 7.58. The highest BCUT2D eigenvalue weighted by Gasteiger charge is 2.20. The van der Waals surface area contributed by atoms with Crippen molar-refractivity contribution in [1.82, 2.24) is 5.32 Å². The third kappa shape index (κ3) is 4.39. The molecule has 0 spiro atoms. The molecule has 0 saturated carbocycles. The predicted molar refractivity (Wildman–Crippen MR) is 70.9 cm³/mol. The zero-order valence-corrected chi connectivity index (χ0v) is 12.2. The molecule has 1 aromatic carbocycles. The monoisotopic (exact) mass is 321 g/mol. The third-order valence-corrected chi connectivity index (χ3v) is 4.66. The van der Waals surface area contributed by atoms with Gasteiger partial charge in [0, 0.05) is 17.6 Å². The van der Waals surface area contributed by atoms with Crippen LogP contribution in [0.25, 0.3) is 0 Å². The molecule has 0 aliphatic rings. The van der Waals surface area contributed by atoms with Gasteiger partial charge in [0.2, 0.25) is 0 Å². The van der Waals surface area contributed by atoms with E-state index in [2.05, 4.69) is 21.2 Å². The highest BCUT2D eigenvalue weighted by molar-refractivity contribution is 9.10. The minimum Gasteiger partial charge on any atom is -0.383 e. The van der Waals surface area contributed by atoms with Gasteiger partial charge in [0.25, 0.3) is 0 Å². The second-order valence-electron chi connectivity index (χ2n) is 3.68. The van der Waals surface area contributed by atoms with Crippen LogP contribution < -0.4 is 5.32 Å². The standard InChI is InChI=1S/C11H16BrNO3S/c1-13-10(7-16-2)8-17(14,15)11-5-3-4-9(12)6-11/h3-6,10,13H,7-8H2,1-2H3. The van der Waals surface area contributed by atoms with Crippen molar-refractivity contribution in [2.24, 2.45) is 0 Å². The van der Waals surface area contributed by atoms with E-state index >= 15 is 0 Å². The molecule has 0 fully saturated rings. The van der Waals surface area contributed by atoms with E-state index in [1.54, 1.807) is 38.4 Å². The summed E-state index contributed by atoms with van der Waals surface area (Å²) in [6.07, 6.45) is 0. The highest BCUT2D eigenvalue weighted by atomic mass is 79.9. The average molecular weight is 322 g/mol. The minimum atomic E-state index is -3.29. The van der Waals surface area contributed by atoms with Crippen LogP contribution in [0.5, 0.6) is 0 Å². The molecule has 1 unspecified atom stereocenters. The minimum absolute atomic E-state index is 0.0216. The van der Waals surface area contributed by atoms with Crippen molar-refractivity contribution < 1.29 is 13.2 Å². The Balaban J connectivity index is 2.88. The van der Waals surface area contributed by atoms with E-state index < -0.39 is 9.84 Å². The molecule has 0 saturated heterocycles. The van der Waals surface area contributed by atoms with Gasteiger partial charge in [0.1, 0.15) is 0 Å². The lowest BCUT2D eigenvalue weighted by Crippen LogP contribution is -2.36. The Bertz CT molecular complexity index is 462. The molecule has 4 nitrogen and oxygen atoms in total. The number of halogens is 1. The molecule has 96 valence electrons. The molecule has 6 heteroatoms. The Kier molecular flexibility index (Phi) is 5.58. The largest absolute Gasteiger partial charge is 0.383 e. The molecule has 17 heavy (non-hydrogen) atoms. The Hall–Kier alpha value is -0.430. The summed E-state index contributed by atoms with van der Waals surface area (Å²) in [5, 5.41) is 2.93. The average Bonchev–Trinajstić information content (AvgIpc) is 2.28. The summed E-state index contributed by atoms with van der Waals surface area (Å²) in [5.74, 6) is 0.0216. The number of ether oxygens (including phenoxy) is 1. The van der Waals surface area contributed by atoms with E-state index in [-0.39, 0.29) is 11.8 Å². The Morgan fingerprint density at radius 3 is 2.71 bits per heavy atom. The zero-order valence-electron chi connectivity index (χ0n) is 9.81. The van der Waals surface area contributed by atoms with Gasteiger partial charge in [0.05, 0.1) is 17.3 Å². The summed E-state index contributed by atoms with van der Waals surface area (Å²) >= 11 is 3.26. The smallest absolute Gasteiger partial charge is 0.180 e. The van der Waals surface area contributed by atoms with Crippen molar-refractivity contribution in [3.63, 3.8) is 0 Å². The van der Waals surface area contributed by atoms with E-state index in [1.165, 1.54) is 0 Å². The van der Waals surface area contributed by atoms with E-state index in [0.29, 0.717) is 11.5 Å². The van der Waals surface area contributed by atoms with Crippen molar-refractivity contribution in [2.45, 2.75) is 10.9 Å². The summed E-state index contributed by atoms with van der Waals surface area (Å²) in [4.78, 5) is 0.322. The fourth-order valence-corrected chi connectivity index (χ4v) is 3.57. The highest BCUT2D eigenvalue weighted by Crippen LogP contribution is 2.17. The summed E-state index contributed by atoms with van der Waals surface area (Å²) in [7, 11) is -0.0148. The number of rotatable bonds is 6. The second-order valence-corrected chi connectivity index (χ2v) is 6.63. The van der Waals surface area contributed by atoms with Crippen LogP contribution >= 0.6 is 15.9 Å². The van der Waals surface area contributed by atoms with Crippen LogP contribution in [0, 0.1) is 0 Å². The summed E-state index contributed by atoms with van der Waals surface area (Å²) in [6.45, 7) is 0.365. The molecular weight excluding hydrogens is 306 g/mol. The fraction of sp³-hybridized carbons (Fsp3) is 0.455. The first-order chi connectivity index (χ1) is 7.99. The molecule has 1 aromatic rings. The van der Waals surface area contributed by atoms with Crippen molar-refractivity contribution in [2.75, 3.05) is 26.5 Å². The summed E-state index contributed by atoms with van der Waals surface area (Å²) < 4.78 is 29.9. The van der Waals surface area contributed by atoms with Gasteiger partial charge < -0.3 is 10.1 Å². The van der Waals surface area contributed by atoms with Crippen molar-refractivity contribution >= 4 is 25.8 Å². The number of hydrogen-bond acceptors (Lipinski definition) is 4. The topological polar surface area (TPSA) is 55.4 Å². The van der Waals surface area contributed by atoms with Crippen LogP contribution in [0.1, 0.15) is 0 Å². The van der Waals surface area contributed by atoms with E-state index in [0.717, 1.165) is 4.47 Å². The van der Waals surface area contributed by atoms with Crippen LogP contribution in [0.3, 0.4) is 0 Å². The van der Waals surface area contributed by atoms with Gasteiger partial charge in [-0.2, -0.15) is 0 Å². The molecule has 0 aliphatic carbocycles. The van der Waals surface area contributed by atoms with Crippen LogP contribution in [-0.2, 0) is 14.6 Å². The number of methoxy groups -OCH3 is 1. The van der Waals surface area contributed by atoms with Gasteiger partial charge in [-0.15, -0.1) is 0 Å². The van der Waals surface area contributed by atoms with Gasteiger partial charge in [-0.25, -0.2) is 8.42 Å². The molecule has 1 atom stereocenters. The van der Waals surface area contributed by atoms with Gasteiger partial charge in [-0.1, -0.05) is 22.0 Å². The van der Waals surface area contributed by atoms with Crippen molar-refractivity contribution in [3.8, 4) is 0 Å². The molecule has 1 rings (SSSR count). The SMILES string of the molecule is CNC(COC)CS(=O)(=O)c1cccc(Br)c1. The van der Waals surface area contributed by atoms with E-state index in [9.17, 15) is 8.42 Å². The van der Waals surface area contributed by atoms with Crippen LogP contribution in [0.15, 0.2) is 33.6 Å². The lowest BCUT2D eigenvalue weighted by atomic mass is 10.4. The fourth-order valence-electron chi connectivity index (χ4n) is 1.44. The zero-order chi connectivity index (χ0) is 12.9. The maximum Gasteiger partial charge on any atom is 0.180 e. The Labute approximate surface area is 110 Å². The maximum atomic E-state index is 12.1. The lowest BCUT2D eigenvalue weighted by Gasteiger charge is -2.15. The normalized spacial score (nSPS) is 13.6. The molecular formula is C11H16BrNO3S. The molecule has 0 bridgehead atoms. The number of hydrogen-bond donors (Lipinski definition) is 1. The van der Waals surface area contributed by atoms with Crippen LogP contribution in [0.2, 0.25) is 0 Å². The predicted octanol–water partition coefficient (Wildman–Crippen LogP) is 1.46. The van der Waals surface area contributed by atoms with Gasteiger partial charge in [-0.05, 0) is 25.2 Å². The summed E-state index contributed by atoms with van der Waals surface area (Å²) in [5.41, 5.74) is 0. The van der Waals surface area contributed by atoms with Crippen LogP contribution in [-0.4, -0.2) is 41.0 Å². The molecule has 0 aromatic heterocycles. The van der Waals surface area contributed by atoms with E-state index in [1.807, 2.05) is 0 Å².